The van der Waals surface area contributed by atoms with E-state index in [-0.39, 0.29) is 11.8 Å². The van der Waals surface area contributed by atoms with Crippen LogP contribution >= 0.6 is 0 Å². The summed E-state index contributed by atoms with van der Waals surface area (Å²) >= 11 is 0. The van der Waals surface area contributed by atoms with Gasteiger partial charge in [-0.1, -0.05) is 13.8 Å². The summed E-state index contributed by atoms with van der Waals surface area (Å²) in [5.74, 6) is 0.198. The van der Waals surface area contributed by atoms with Crippen molar-refractivity contribution in [1.82, 2.24) is 5.32 Å². The van der Waals surface area contributed by atoms with Crippen LogP contribution in [-0.4, -0.2) is 25.7 Å². The molecule has 3 heteroatoms. The monoisotopic (exact) mass is 173 g/mol. The Kier molecular flexibility index (Phi) is 6.76. The Bertz CT molecular complexity index is 124. The molecule has 72 valence electrons. The molecule has 0 rings (SSSR count). The van der Waals surface area contributed by atoms with Crippen LogP contribution in [-0.2, 0) is 9.53 Å². The second-order valence-corrected chi connectivity index (χ2v) is 3.00. The van der Waals surface area contributed by atoms with E-state index in [1.54, 1.807) is 0 Å². The zero-order valence-electron chi connectivity index (χ0n) is 8.22. The lowest BCUT2D eigenvalue weighted by atomic mass is 10.2. The lowest BCUT2D eigenvalue weighted by Gasteiger charge is -2.06. The van der Waals surface area contributed by atoms with Crippen LogP contribution in [0.25, 0.3) is 0 Å². The molecule has 0 atom stereocenters. The molecule has 0 saturated heterocycles. The van der Waals surface area contributed by atoms with E-state index in [0.29, 0.717) is 0 Å². The van der Waals surface area contributed by atoms with Gasteiger partial charge in [0.25, 0.3) is 0 Å². The normalized spacial score (nSPS) is 10.3. The van der Waals surface area contributed by atoms with Gasteiger partial charge in [-0.25, -0.2) is 0 Å². The molecule has 0 aromatic heterocycles. The summed E-state index contributed by atoms with van der Waals surface area (Å²) in [6.45, 7) is 7.94. The van der Waals surface area contributed by atoms with Gasteiger partial charge in [0.1, 0.15) is 0 Å². The molecule has 12 heavy (non-hydrogen) atoms. The molecule has 3 nitrogen and oxygen atoms in total. The maximum Gasteiger partial charge on any atom is 0.222 e. The van der Waals surface area contributed by atoms with Crippen LogP contribution in [0.2, 0.25) is 0 Å². The first-order valence-corrected chi connectivity index (χ1v) is 4.54. The Morgan fingerprint density at radius 1 is 1.50 bits per heavy atom. The molecule has 0 fully saturated rings. The molecule has 1 N–H and O–H groups in total. The number of nitrogens with one attached hydrogen (secondary N) is 1. The van der Waals surface area contributed by atoms with Crippen molar-refractivity contribution in [2.24, 2.45) is 5.92 Å². The van der Waals surface area contributed by atoms with E-state index < -0.39 is 0 Å². The number of amides is 1. The first-order valence-electron chi connectivity index (χ1n) is 4.54. The summed E-state index contributed by atoms with van der Waals surface area (Å²) in [6, 6.07) is 0. The predicted molar refractivity (Wildman–Crippen MR) is 49.0 cm³/mol. The van der Waals surface area contributed by atoms with Gasteiger partial charge in [-0.3, -0.25) is 4.79 Å². The van der Waals surface area contributed by atoms with Gasteiger partial charge in [-0.05, 0) is 13.3 Å². The van der Waals surface area contributed by atoms with Gasteiger partial charge in [0, 0.05) is 25.7 Å². The summed E-state index contributed by atoms with van der Waals surface area (Å²) in [7, 11) is 0. The number of carbonyl (C=O) groups excluding carboxylic acids is 1. The molecule has 0 heterocycles. The van der Waals surface area contributed by atoms with Gasteiger partial charge < -0.3 is 10.1 Å². The van der Waals surface area contributed by atoms with Gasteiger partial charge in [0.05, 0.1) is 0 Å². The number of rotatable bonds is 6. The molecule has 1 amide bonds. The van der Waals surface area contributed by atoms with Crippen LogP contribution in [0.4, 0.5) is 0 Å². The lowest BCUT2D eigenvalue weighted by Crippen LogP contribution is -2.29. The quantitative estimate of drug-likeness (QED) is 0.613. The van der Waals surface area contributed by atoms with E-state index in [2.05, 4.69) is 5.32 Å². The lowest BCUT2D eigenvalue weighted by molar-refractivity contribution is -0.124. The molecule has 0 saturated carbocycles. The first kappa shape index (κ1) is 11.4. The third-order valence-electron chi connectivity index (χ3n) is 1.49. The minimum atomic E-state index is 0.0806. The molecule has 0 bridgehead atoms. The first-order chi connectivity index (χ1) is 5.68. The molecule has 0 unspecified atom stereocenters. The van der Waals surface area contributed by atoms with Crippen LogP contribution in [0, 0.1) is 5.92 Å². The fourth-order valence-corrected chi connectivity index (χ4v) is 0.734. The van der Waals surface area contributed by atoms with Crippen molar-refractivity contribution in [2.45, 2.75) is 27.2 Å². The fourth-order valence-electron chi connectivity index (χ4n) is 0.734. The summed E-state index contributed by atoms with van der Waals surface area (Å²) < 4.78 is 5.12. The SMILES string of the molecule is CCOCCCNC(=O)C(C)C. The minimum absolute atomic E-state index is 0.0806. The van der Waals surface area contributed by atoms with E-state index in [1.165, 1.54) is 0 Å². The van der Waals surface area contributed by atoms with Crippen LogP contribution in [0.15, 0.2) is 0 Å². The van der Waals surface area contributed by atoms with Crippen molar-refractivity contribution in [2.75, 3.05) is 19.8 Å². The molecule has 0 aliphatic carbocycles. The summed E-state index contributed by atoms with van der Waals surface area (Å²) in [6.07, 6.45) is 0.895. The van der Waals surface area contributed by atoms with Crippen molar-refractivity contribution in [1.29, 1.82) is 0 Å². The van der Waals surface area contributed by atoms with E-state index in [9.17, 15) is 4.79 Å². The van der Waals surface area contributed by atoms with Crippen LogP contribution in [0.3, 0.4) is 0 Å². The Labute approximate surface area is 74.5 Å². The number of hydrogen-bond acceptors (Lipinski definition) is 2. The van der Waals surface area contributed by atoms with Crippen LogP contribution in [0.1, 0.15) is 27.2 Å². The van der Waals surface area contributed by atoms with E-state index in [0.717, 1.165) is 26.2 Å². The fraction of sp³-hybridized carbons (Fsp3) is 0.889. The highest BCUT2D eigenvalue weighted by atomic mass is 16.5. The number of ether oxygens (including phenoxy) is 1. The average Bonchev–Trinajstić information content (AvgIpc) is 2.03. The average molecular weight is 173 g/mol. The molecule has 0 aliphatic heterocycles. The predicted octanol–water partition coefficient (Wildman–Crippen LogP) is 1.19. The molecular weight excluding hydrogens is 154 g/mol. The molecular formula is C9H19NO2. The Hall–Kier alpha value is -0.570. The van der Waals surface area contributed by atoms with E-state index in [1.807, 2.05) is 20.8 Å². The summed E-state index contributed by atoms with van der Waals surface area (Å²) in [5, 5.41) is 2.82. The topological polar surface area (TPSA) is 38.3 Å². The molecule has 0 aromatic rings. The van der Waals surface area contributed by atoms with Crippen LogP contribution in [0.5, 0.6) is 0 Å². The highest BCUT2D eigenvalue weighted by molar-refractivity contribution is 5.77. The maximum atomic E-state index is 11.0. The number of hydrogen-bond donors (Lipinski definition) is 1. The molecule has 0 radical (unpaired) electrons. The summed E-state index contributed by atoms with van der Waals surface area (Å²) in [5.41, 5.74) is 0. The van der Waals surface area contributed by atoms with Crippen molar-refractivity contribution in [3.05, 3.63) is 0 Å². The third-order valence-corrected chi connectivity index (χ3v) is 1.49. The Balaban J connectivity index is 3.14. The minimum Gasteiger partial charge on any atom is -0.382 e. The van der Waals surface area contributed by atoms with Gasteiger partial charge in [0.15, 0.2) is 0 Å². The highest BCUT2D eigenvalue weighted by Crippen LogP contribution is 1.90. The highest BCUT2D eigenvalue weighted by Gasteiger charge is 2.04. The van der Waals surface area contributed by atoms with Crippen molar-refractivity contribution in [3.63, 3.8) is 0 Å². The van der Waals surface area contributed by atoms with Gasteiger partial charge in [-0.15, -0.1) is 0 Å². The Morgan fingerprint density at radius 2 is 2.17 bits per heavy atom. The Morgan fingerprint density at radius 3 is 2.67 bits per heavy atom. The van der Waals surface area contributed by atoms with Crippen LogP contribution < -0.4 is 5.32 Å². The van der Waals surface area contributed by atoms with E-state index >= 15 is 0 Å². The summed E-state index contributed by atoms with van der Waals surface area (Å²) in [4.78, 5) is 11.0. The third kappa shape index (κ3) is 6.16. The van der Waals surface area contributed by atoms with Gasteiger partial charge >= 0.3 is 0 Å². The van der Waals surface area contributed by atoms with Gasteiger partial charge in [-0.2, -0.15) is 0 Å². The smallest absolute Gasteiger partial charge is 0.222 e. The van der Waals surface area contributed by atoms with Crippen molar-refractivity contribution >= 4 is 5.91 Å². The maximum absolute atomic E-state index is 11.0. The van der Waals surface area contributed by atoms with Crippen molar-refractivity contribution in [3.8, 4) is 0 Å². The molecule has 0 spiro atoms. The largest absolute Gasteiger partial charge is 0.382 e. The molecule has 0 aromatic carbocycles. The second-order valence-electron chi connectivity index (χ2n) is 3.00. The standard InChI is InChI=1S/C9H19NO2/c1-4-12-7-5-6-10-9(11)8(2)3/h8H,4-7H2,1-3H3,(H,10,11). The second kappa shape index (κ2) is 7.10. The zero-order chi connectivity index (χ0) is 9.40. The number of carbonyl (C=O) groups is 1. The zero-order valence-corrected chi connectivity index (χ0v) is 8.22. The van der Waals surface area contributed by atoms with Crippen molar-refractivity contribution < 1.29 is 9.53 Å². The van der Waals surface area contributed by atoms with Gasteiger partial charge in [0.2, 0.25) is 5.91 Å². The van der Waals surface area contributed by atoms with E-state index in [4.69, 9.17) is 4.74 Å². The molecule has 0 aliphatic rings.